The summed E-state index contributed by atoms with van der Waals surface area (Å²) in [4.78, 5) is 14.6. The lowest BCUT2D eigenvalue weighted by Crippen LogP contribution is -2.62. The van der Waals surface area contributed by atoms with Gasteiger partial charge in [0.2, 0.25) is 0 Å². The normalized spacial score (nSPS) is 15.7. The van der Waals surface area contributed by atoms with Crippen LogP contribution in [0.4, 0.5) is 0 Å². The minimum Gasteiger partial charge on any atom is -0.280 e. The minimum absolute atomic E-state index is 0.320. The fourth-order valence-electron chi connectivity index (χ4n) is 2.20. The number of aromatic nitrogens is 2. The third-order valence-electron chi connectivity index (χ3n) is 3.16. The number of rotatable bonds is 3. The maximum atomic E-state index is 11.8. The number of hydrogen-bond donors (Lipinski definition) is 1. The Bertz CT molecular complexity index is 587. The highest BCUT2D eigenvalue weighted by Crippen LogP contribution is 2.22. The number of benzene rings is 1. The molecule has 0 bridgehead atoms. The molecule has 1 fully saturated rings. The van der Waals surface area contributed by atoms with Gasteiger partial charge in [-0.15, -0.1) is 0 Å². The molecule has 0 spiro atoms. The van der Waals surface area contributed by atoms with Crippen molar-refractivity contribution in [1.82, 2.24) is 5.27 Å². The summed E-state index contributed by atoms with van der Waals surface area (Å²) in [6, 6.07) is 9.85. The van der Waals surface area contributed by atoms with Gasteiger partial charge in [-0.3, -0.25) is 4.52 Å². The molecule has 100 valence electrons. The molecule has 6 heteroatoms. The van der Waals surface area contributed by atoms with Crippen LogP contribution in [0.3, 0.4) is 0 Å². The number of hydrogen-bond acceptors (Lipinski definition) is 4. The summed E-state index contributed by atoms with van der Waals surface area (Å²) in [6.07, 6.45) is 3.55. The molecular weight excluding hydrogens is 262 g/mol. The van der Waals surface area contributed by atoms with Crippen LogP contribution in [0.25, 0.3) is 0 Å². The molecule has 0 aliphatic carbocycles. The third kappa shape index (κ3) is 2.68. The first-order valence-electron chi connectivity index (χ1n) is 6.46. The molecule has 19 heavy (non-hydrogen) atoms. The van der Waals surface area contributed by atoms with Gasteiger partial charge in [-0.2, -0.15) is 5.01 Å². The lowest BCUT2D eigenvalue weighted by molar-refractivity contribution is -0.790. The van der Waals surface area contributed by atoms with Crippen molar-refractivity contribution >= 4 is 11.8 Å². The molecule has 1 aliphatic heterocycles. The van der Waals surface area contributed by atoms with E-state index in [0.29, 0.717) is 5.03 Å². The van der Waals surface area contributed by atoms with Gasteiger partial charge in [0.25, 0.3) is 0 Å². The van der Waals surface area contributed by atoms with Gasteiger partial charge < -0.3 is 0 Å². The summed E-state index contributed by atoms with van der Waals surface area (Å²) >= 11 is 1.42. The number of nitrogens with zero attached hydrogens (tertiary/aromatic N) is 2. The maximum absolute atomic E-state index is 11.8. The van der Waals surface area contributed by atoms with Crippen molar-refractivity contribution in [2.45, 2.75) is 29.2 Å². The molecule has 0 saturated carbocycles. The van der Waals surface area contributed by atoms with Crippen LogP contribution in [0.5, 0.6) is 0 Å². The monoisotopic (exact) mass is 278 g/mol. The van der Waals surface area contributed by atoms with Gasteiger partial charge in [-0.1, -0.05) is 18.2 Å². The van der Waals surface area contributed by atoms with Gasteiger partial charge in [-0.25, -0.2) is 4.79 Å². The average Bonchev–Trinajstić information content (AvgIpc) is 2.82. The first-order valence-corrected chi connectivity index (χ1v) is 7.28. The van der Waals surface area contributed by atoms with Crippen LogP contribution in [-0.4, -0.2) is 18.4 Å². The molecule has 1 aromatic carbocycles. The zero-order valence-electron chi connectivity index (χ0n) is 10.5. The van der Waals surface area contributed by atoms with Crippen molar-refractivity contribution in [3.8, 4) is 0 Å². The van der Waals surface area contributed by atoms with E-state index in [4.69, 9.17) is 4.52 Å². The van der Waals surface area contributed by atoms with Gasteiger partial charge in [0, 0.05) is 10.2 Å². The summed E-state index contributed by atoms with van der Waals surface area (Å²) in [5.74, 6) is 0. The molecule has 1 N–H and O–H groups in total. The van der Waals surface area contributed by atoms with Crippen molar-refractivity contribution in [2.75, 3.05) is 18.1 Å². The lowest BCUT2D eigenvalue weighted by atomic mass is 10.2. The fraction of sp³-hybridized carbons (Fsp3) is 0.385. The summed E-state index contributed by atoms with van der Waals surface area (Å²) in [7, 11) is 0. The van der Waals surface area contributed by atoms with Crippen molar-refractivity contribution in [2.24, 2.45) is 0 Å². The van der Waals surface area contributed by atoms with E-state index < -0.39 is 0 Å². The second-order valence-corrected chi connectivity index (χ2v) is 5.59. The quantitative estimate of drug-likeness (QED) is 0.865. The third-order valence-corrected chi connectivity index (χ3v) is 4.21. The van der Waals surface area contributed by atoms with Gasteiger partial charge in [-0.05, 0) is 43.2 Å². The van der Waals surface area contributed by atoms with Crippen LogP contribution >= 0.6 is 11.8 Å². The second-order valence-electron chi connectivity index (χ2n) is 4.53. The Morgan fingerprint density at radius 3 is 2.63 bits per heavy atom. The van der Waals surface area contributed by atoms with E-state index >= 15 is 0 Å². The first kappa shape index (κ1) is 12.3. The van der Waals surface area contributed by atoms with E-state index in [-0.39, 0.29) is 5.63 Å². The van der Waals surface area contributed by atoms with Crippen molar-refractivity contribution < 1.29 is 9.31 Å². The average molecular weight is 278 g/mol. The van der Waals surface area contributed by atoms with Crippen LogP contribution in [0, 0.1) is 0 Å². The summed E-state index contributed by atoms with van der Waals surface area (Å²) in [6.45, 7) is 1.89. The number of nitrogens with one attached hydrogen (secondary N) is 1. The van der Waals surface area contributed by atoms with E-state index in [1.807, 2.05) is 30.3 Å². The van der Waals surface area contributed by atoms with Gasteiger partial charge in [0.15, 0.2) is 0 Å². The van der Waals surface area contributed by atoms with E-state index in [2.05, 4.69) is 10.3 Å². The highest BCUT2D eigenvalue weighted by Gasteiger charge is 2.29. The van der Waals surface area contributed by atoms with E-state index in [1.54, 1.807) is 4.79 Å². The molecule has 2 aromatic rings. The number of aromatic amines is 1. The van der Waals surface area contributed by atoms with Crippen molar-refractivity contribution in [1.29, 1.82) is 0 Å². The van der Waals surface area contributed by atoms with Crippen LogP contribution in [0.2, 0.25) is 0 Å². The zero-order chi connectivity index (χ0) is 13.1. The molecule has 0 unspecified atom stereocenters. The van der Waals surface area contributed by atoms with Crippen LogP contribution in [0.1, 0.15) is 19.3 Å². The lowest BCUT2D eigenvalue weighted by Gasteiger charge is -2.19. The Morgan fingerprint density at radius 2 is 1.89 bits per heavy atom. The Morgan fingerprint density at radius 1 is 1.16 bits per heavy atom. The first-order chi connectivity index (χ1) is 9.34. The van der Waals surface area contributed by atoms with Gasteiger partial charge >= 0.3 is 10.7 Å². The predicted molar refractivity (Wildman–Crippen MR) is 71.9 cm³/mol. The van der Waals surface area contributed by atoms with Crippen LogP contribution in [0.15, 0.2) is 49.6 Å². The Kier molecular flexibility index (Phi) is 3.59. The minimum atomic E-state index is -0.320. The molecule has 0 amide bonds. The topological polar surface area (TPSA) is 53.1 Å². The largest absolute Gasteiger partial charge is 0.445 e. The summed E-state index contributed by atoms with van der Waals surface area (Å²) < 4.78 is 4.94. The van der Waals surface area contributed by atoms with Gasteiger partial charge in [0.05, 0.1) is 17.9 Å². The standard InChI is InChI=1S/C13H15N3O2S/c17-13-12(19-11-7-3-1-4-8-11)16(14-18-13)15-9-5-2-6-10-15/h1,3-4,7-8H,2,5-6,9-10H2/p+1. The van der Waals surface area contributed by atoms with Crippen molar-refractivity contribution in [3.05, 3.63) is 40.8 Å². The second kappa shape index (κ2) is 5.52. The highest BCUT2D eigenvalue weighted by molar-refractivity contribution is 7.99. The van der Waals surface area contributed by atoms with Crippen molar-refractivity contribution in [3.63, 3.8) is 0 Å². The van der Waals surface area contributed by atoms with Crippen LogP contribution in [-0.2, 0) is 0 Å². The molecule has 1 aliphatic rings. The van der Waals surface area contributed by atoms with E-state index in [9.17, 15) is 4.79 Å². The zero-order valence-corrected chi connectivity index (χ0v) is 11.4. The number of H-pyrrole nitrogens is 1. The SMILES string of the molecule is O=c1o[nH][n+](N2CCCCC2)c1Sc1ccccc1. The van der Waals surface area contributed by atoms with Crippen LogP contribution < -0.4 is 15.4 Å². The molecular formula is C13H16N3O2S+. The molecule has 1 saturated heterocycles. The predicted octanol–water partition coefficient (Wildman–Crippen LogP) is 1.53. The number of piperidine rings is 1. The molecule has 2 heterocycles. The van der Waals surface area contributed by atoms with Gasteiger partial charge in [0.1, 0.15) is 0 Å². The molecule has 1 aromatic heterocycles. The highest BCUT2D eigenvalue weighted by atomic mass is 32.2. The Hall–Kier alpha value is -1.69. The molecule has 0 radical (unpaired) electrons. The molecule has 3 rings (SSSR count). The molecule has 0 atom stereocenters. The van der Waals surface area contributed by atoms with E-state index in [1.165, 1.54) is 18.2 Å². The van der Waals surface area contributed by atoms with E-state index in [0.717, 1.165) is 30.8 Å². The maximum Gasteiger partial charge on any atom is 0.445 e. The smallest absolute Gasteiger partial charge is 0.280 e. The Balaban J connectivity index is 1.88. The Labute approximate surface area is 115 Å². The fourth-order valence-corrected chi connectivity index (χ4v) is 3.09. The molecule has 5 nitrogen and oxygen atoms in total. The summed E-state index contributed by atoms with van der Waals surface area (Å²) in [5.41, 5.74) is -0.320. The summed E-state index contributed by atoms with van der Waals surface area (Å²) in [5, 5.41) is 5.40.